The number of nitrogens with zero attached hydrogens (tertiary/aromatic N) is 1. The third-order valence-corrected chi connectivity index (χ3v) is 6.57. The van der Waals surface area contributed by atoms with Crippen molar-refractivity contribution < 1.29 is 14.0 Å². The second kappa shape index (κ2) is 10.5. The summed E-state index contributed by atoms with van der Waals surface area (Å²) in [5, 5.41) is 5.64. The molecule has 3 aromatic carbocycles. The van der Waals surface area contributed by atoms with Crippen LogP contribution in [-0.4, -0.2) is 36.4 Å². The Labute approximate surface area is 197 Å². The van der Waals surface area contributed by atoms with Gasteiger partial charge in [-0.15, -0.1) is 0 Å². The highest BCUT2D eigenvalue weighted by molar-refractivity contribution is 7.99. The Hall–Kier alpha value is -3.32. The number of halogens is 1. The van der Waals surface area contributed by atoms with Gasteiger partial charge >= 0.3 is 0 Å². The average Bonchev–Trinajstić information content (AvgIpc) is 2.85. The van der Waals surface area contributed by atoms with Crippen LogP contribution in [0.1, 0.15) is 31.8 Å². The summed E-state index contributed by atoms with van der Waals surface area (Å²) in [6.45, 7) is 4.34. The van der Waals surface area contributed by atoms with Crippen LogP contribution < -0.4 is 15.5 Å². The number of hydrogen-bond donors (Lipinski definition) is 2. The molecule has 2 N–H and O–H groups in total. The van der Waals surface area contributed by atoms with Crippen LogP contribution in [-0.2, 0) is 6.54 Å². The summed E-state index contributed by atoms with van der Waals surface area (Å²) in [5.74, 6) is 0.912. The lowest BCUT2D eigenvalue weighted by atomic mass is 10.1. The smallest absolute Gasteiger partial charge is 0.258 e. The van der Waals surface area contributed by atoms with Gasteiger partial charge in [0.05, 0.1) is 5.56 Å². The molecule has 0 aromatic heterocycles. The molecule has 1 saturated heterocycles. The van der Waals surface area contributed by atoms with Gasteiger partial charge in [0.2, 0.25) is 0 Å². The highest BCUT2D eigenvalue weighted by Gasteiger charge is 2.15. The zero-order valence-electron chi connectivity index (χ0n) is 18.4. The minimum atomic E-state index is -0.591. The first-order valence-electron chi connectivity index (χ1n) is 10.9. The van der Waals surface area contributed by atoms with Crippen LogP contribution in [0.2, 0.25) is 0 Å². The van der Waals surface area contributed by atoms with Crippen LogP contribution in [0.3, 0.4) is 0 Å². The molecule has 170 valence electrons. The quantitative estimate of drug-likeness (QED) is 0.548. The Bertz CT molecular complexity index is 1140. The molecule has 7 heteroatoms. The van der Waals surface area contributed by atoms with Gasteiger partial charge in [0.25, 0.3) is 11.8 Å². The number of aryl methyl sites for hydroxylation is 1. The van der Waals surface area contributed by atoms with Gasteiger partial charge in [0.1, 0.15) is 5.82 Å². The number of carbonyl (C=O) groups excluding carboxylic acids is 2. The number of amides is 2. The molecule has 1 heterocycles. The topological polar surface area (TPSA) is 61.4 Å². The maximum Gasteiger partial charge on any atom is 0.258 e. The van der Waals surface area contributed by atoms with Crippen LogP contribution in [0.25, 0.3) is 0 Å². The van der Waals surface area contributed by atoms with E-state index in [2.05, 4.69) is 27.7 Å². The molecule has 4 rings (SSSR count). The molecule has 1 aliphatic heterocycles. The summed E-state index contributed by atoms with van der Waals surface area (Å²) in [7, 11) is 0. The van der Waals surface area contributed by atoms with Crippen molar-refractivity contribution in [3.05, 3.63) is 94.8 Å². The zero-order chi connectivity index (χ0) is 23.2. The van der Waals surface area contributed by atoms with Crippen LogP contribution in [0.5, 0.6) is 0 Å². The minimum absolute atomic E-state index is 0.0430. The van der Waals surface area contributed by atoms with E-state index in [-0.39, 0.29) is 11.5 Å². The van der Waals surface area contributed by atoms with E-state index in [1.54, 1.807) is 24.3 Å². The molecule has 0 aliphatic carbocycles. The van der Waals surface area contributed by atoms with Crippen LogP contribution in [0.4, 0.5) is 15.8 Å². The maximum absolute atomic E-state index is 13.9. The molecule has 0 unspecified atom stereocenters. The van der Waals surface area contributed by atoms with Crippen molar-refractivity contribution in [1.29, 1.82) is 0 Å². The normalized spacial score (nSPS) is 13.5. The standard InChI is InChI=1S/C26H26FN3O2S/c1-18-6-9-20(16-24(18)29-26(32)22-4-2-3-5-23(22)27)25(31)28-17-19-7-10-21(11-8-19)30-12-14-33-15-13-30/h2-11,16H,12-15,17H2,1H3,(H,28,31)(H,29,32). The molecule has 1 aliphatic rings. The van der Waals surface area contributed by atoms with Gasteiger partial charge in [-0.3, -0.25) is 9.59 Å². The van der Waals surface area contributed by atoms with Crippen molar-refractivity contribution >= 4 is 35.0 Å². The van der Waals surface area contributed by atoms with Gasteiger partial charge < -0.3 is 15.5 Å². The third-order valence-electron chi connectivity index (χ3n) is 5.63. The van der Waals surface area contributed by atoms with Gasteiger partial charge in [-0.1, -0.05) is 30.3 Å². The van der Waals surface area contributed by atoms with E-state index in [0.717, 1.165) is 35.7 Å². The van der Waals surface area contributed by atoms with Gasteiger partial charge in [-0.05, 0) is 54.4 Å². The van der Waals surface area contributed by atoms with E-state index < -0.39 is 11.7 Å². The molecule has 5 nitrogen and oxygen atoms in total. The number of carbonyl (C=O) groups is 2. The fourth-order valence-corrected chi connectivity index (χ4v) is 4.57. The highest BCUT2D eigenvalue weighted by Crippen LogP contribution is 2.21. The van der Waals surface area contributed by atoms with Crippen LogP contribution >= 0.6 is 11.8 Å². The third kappa shape index (κ3) is 5.73. The first-order valence-corrected chi connectivity index (χ1v) is 12.0. The summed E-state index contributed by atoms with van der Waals surface area (Å²) in [4.78, 5) is 27.6. The predicted octanol–water partition coefficient (Wildman–Crippen LogP) is 4.87. The highest BCUT2D eigenvalue weighted by atomic mass is 32.2. The molecule has 0 radical (unpaired) electrons. The Kier molecular flexibility index (Phi) is 7.29. The van der Waals surface area contributed by atoms with Crippen molar-refractivity contribution in [2.24, 2.45) is 0 Å². The molecule has 33 heavy (non-hydrogen) atoms. The molecular formula is C26H26FN3O2S. The number of thioether (sulfide) groups is 1. The Morgan fingerprint density at radius 2 is 1.70 bits per heavy atom. The van der Waals surface area contributed by atoms with Crippen molar-refractivity contribution in [2.45, 2.75) is 13.5 Å². The van der Waals surface area contributed by atoms with Gasteiger partial charge in [-0.25, -0.2) is 4.39 Å². The van der Waals surface area contributed by atoms with Crippen molar-refractivity contribution in [2.75, 3.05) is 34.8 Å². The zero-order valence-corrected chi connectivity index (χ0v) is 19.3. The van der Waals surface area contributed by atoms with E-state index in [1.165, 1.54) is 23.9 Å². The molecule has 1 fully saturated rings. The molecule has 0 atom stereocenters. The fraction of sp³-hybridized carbons (Fsp3) is 0.231. The Morgan fingerprint density at radius 1 is 0.970 bits per heavy atom. The van der Waals surface area contributed by atoms with Gasteiger partial charge in [0, 0.05) is 48.1 Å². The van der Waals surface area contributed by atoms with Crippen molar-refractivity contribution in [3.8, 4) is 0 Å². The monoisotopic (exact) mass is 463 g/mol. The summed E-state index contributed by atoms with van der Waals surface area (Å²) >= 11 is 1.98. The molecule has 0 saturated carbocycles. The second-order valence-electron chi connectivity index (χ2n) is 7.91. The van der Waals surface area contributed by atoms with E-state index in [9.17, 15) is 14.0 Å². The largest absolute Gasteiger partial charge is 0.370 e. The second-order valence-corrected chi connectivity index (χ2v) is 9.14. The number of rotatable bonds is 6. The average molecular weight is 464 g/mol. The van der Waals surface area contributed by atoms with E-state index in [0.29, 0.717) is 17.8 Å². The van der Waals surface area contributed by atoms with Crippen LogP contribution in [0, 0.1) is 12.7 Å². The van der Waals surface area contributed by atoms with Gasteiger partial charge in [-0.2, -0.15) is 11.8 Å². The first kappa shape index (κ1) is 22.9. The summed E-state index contributed by atoms with van der Waals surface area (Å²) in [5.41, 5.74) is 3.85. The molecule has 3 aromatic rings. The van der Waals surface area contributed by atoms with E-state index in [4.69, 9.17) is 0 Å². The fourth-order valence-electron chi connectivity index (χ4n) is 3.66. The molecule has 0 spiro atoms. The van der Waals surface area contributed by atoms with Crippen molar-refractivity contribution in [3.63, 3.8) is 0 Å². The predicted molar refractivity (Wildman–Crippen MR) is 133 cm³/mol. The Balaban J connectivity index is 1.38. The Morgan fingerprint density at radius 3 is 2.42 bits per heavy atom. The molecule has 0 bridgehead atoms. The lowest BCUT2D eigenvalue weighted by Gasteiger charge is -2.28. The summed E-state index contributed by atoms with van der Waals surface area (Å²) in [6, 6.07) is 19.1. The molecule has 2 amide bonds. The van der Waals surface area contributed by atoms with E-state index in [1.807, 2.05) is 30.8 Å². The van der Waals surface area contributed by atoms with Crippen molar-refractivity contribution in [1.82, 2.24) is 5.32 Å². The lowest BCUT2D eigenvalue weighted by molar-refractivity contribution is 0.0949. The SMILES string of the molecule is Cc1ccc(C(=O)NCc2ccc(N3CCSCC3)cc2)cc1NC(=O)c1ccccc1F. The minimum Gasteiger partial charge on any atom is -0.370 e. The molecular weight excluding hydrogens is 437 g/mol. The maximum atomic E-state index is 13.9. The van der Waals surface area contributed by atoms with Gasteiger partial charge in [0.15, 0.2) is 0 Å². The number of hydrogen-bond acceptors (Lipinski definition) is 4. The summed E-state index contributed by atoms with van der Waals surface area (Å²) in [6.07, 6.45) is 0. The number of benzene rings is 3. The van der Waals surface area contributed by atoms with E-state index >= 15 is 0 Å². The summed E-state index contributed by atoms with van der Waals surface area (Å²) < 4.78 is 13.9. The first-order chi connectivity index (χ1) is 16.0. The van der Waals surface area contributed by atoms with Crippen LogP contribution in [0.15, 0.2) is 66.7 Å². The lowest BCUT2D eigenvalue weighted by Crippen LogP contribution is -2.32. The number of nitrogens with one attached hydrogen (secondary N) is 2. The number of anilines is 2.